The number of amides is 1. The van der Waals surface area contributed by atoms with E-state index in [1.807, 2.05) is 30.3 Å². The van der Waals surface area contributed by atoms with E-state index in [1.54, 1.807) is 18.7 Å². The molecule has 0 bridgehead atoms. The average molecular weight is 500 g/mol. The number of rotatable bonds is 10. The second-order valence-corrected chi connectivity index (χ2v) is 9.35. The summed E-state index contributed by atoms with van der Waals surface area (Å²) in [4.78, 5) is 40.2. The van der Waals surface area contributed by atoms with Crippen LogP contribution in [0.25, 0.3) is 0 Å². The van der Waals surface area contributed by atoms with E-state index in [4.69, 9.17) is 22.3 Å². The number of carbonyl (C=O) groups excluding carboxylic acids is 1. The lowest BCUT2D eigenvalue weighted by atomic mass is 10.1. The van der Waals surface area contributed by atoms with Gasteiger partial charge in [-0.05, 0) is 31.4 Å². The number of thiol groups is 1. The van der Waals surface area contributed by atoms with Gasteiger partial charge in [0, 0.05) is 34.9 Å². The minimum Gasteiger partial charge on any atom is -0.480 e. The van der Waals surface area contributed by atoms with Crippen molar-refractivity contribution < 1.29 is 24.6 Å². The number of aliphatic imine (C=N–C) groups is 1. The zero-order valence-corrected chi connectivity index (χ0v) is 20.3. The lowest BCUT2D eigenvalue weighted by Crippen LogP contribution is -2.43. The van der Waals surface area contributed by atoms with E-state index in [0.717, 1.165) is 4.90 Å². The molecule has 0 aliphatic carbocycles. The van der Waals surface area contributed by atoms with Gasteiger partial charge in [0.1, 0.15) is 12.1 Å². The lowest BCUT2D eigenvalue weighted by Gasteiger charge is -2.24. The topological polar surface area (TPSA) is 185 Å². The molecule has 0 unspecified atom stereocenters. The van der Waals surface area contributed by atoms with Crippen molar-refractivity contribution in [3.63, 3.8) is 0 Å². The van der Waals surface area contributed by atoms with Crippen molar-refractivity contribution in [2.45, 2.75) is 48.4 Å². The molecule has 33 heavy (non-hydrogen) atoms. The van der Waals surface area contributed by atoms with Crippen molar-refractivity contribution in [1.29, 1.82) is 0 Å². The van der Waals surface area contributed by atoms with E-state index in [2.05, 4.69) is 17.6 Å². The minimum atomic E-state index is -1.00. The zero-order valence-electron chi connectivity index (χ0n) is 18.5. The van der Waals surface area contributed by atoms with Crippen LogP contribution in [0.2, 0.25) is 0 Å². The second-order valence-electron chi connectivity index (χ2n) is 7.61. The number of carboxylic acids is 2. The molecular formula is C21H33N5O5S2. The molecule has 0 radical (unpaired) electrons. The van der Waals surface area contributed by atoms with Crippen LogP contribution in [0.1, 0.15) is 26.2 Å². The third kappa shape index (κ3) is 10.4. The number of nitrogens with zero attached hydrogens (tertiary/aromatic N) is 2. The maximum absolute atomic E-state index is 12.3. The van der Waals surface area contributed by atoms with Crippen LogP contribution in [-0.4, -0.2) is 75.1 Å². The highest BCUT2D eigenvalue weighted by Crippen LogP contribution is 2.33. The molecule has 12 heteroatoms. The number of hydrogen-bond donors (Lipinski definition) is 6. The summed E-state index contributed by atoms with van der Waals surface area (Å²) in [7, 11) is 0. The van der Waals surface area contributed by atoms with E-state index in [0.29, 0.717) is 38.1 Å². The van der Waals surface area contributed by atoms with Gasteiger partial charge in [-0.15, -0.1) is 11.8 Å². The molecule has 1 fully saturated rings. The van der Waals surface area contributed by atoms with Gasteiger partial charge in [-0.3, -0.25) is 14.6 Å². The van der Waals surface area contributed by atoms with E-state index in [-0.39, 0.29) is 23.0 Å². The van der Waals surface area contributed by atoms with E-state index in [9.17, 15) is 19.5 Å². The monoisotopic (exact) mass is 499 g/mol. The fraction of sp³-hybridized carbons (Fsp3) is 0.524. The summed E-state index contributed by atoms with van der Waals surface area (Å²) in [5.74, 6) is -1.85. The molecule has 4 atom stereocenters. The fourth-order valence-corrected chi connectivity index (χ4v) is 4.43. The highest BCUT2D eigenvalue weighted by molar-refractivity contribution is 8.00. The minimum absolute atomic E-state index is 0.0129. The summed E-state index contributed by atoms with van der Waals surface area (Å²) in [5.41, 5.74) is 15.3. The molecule has 10 nitrogen and oxygen atoms in total. The summed E-state index contributed by atoms with van der Waals surface area (Å²) in [6.07, 6.45) is 1.44. The fourth-order valence-electron chi connectivity index (χ4n) is 3.06. The van der Waals surface area contributed by atoms with Crippen LogP contribution in [0.5, 0.6) is 0 Å². The highest BCUT2D eigenvalue weighted by Gasteiger charge is 2.40. The zero-order chi connectivity index (χ0) is 25.0. The van der Waals surface area contributed by atoms with Crippen molar-refractivity contribution in [3.8, 4) is 0 Å². The van der Waals surface area contributed by atoms with Crippen LogP contribution in [0.4, 0.5) is 0 Å². The molecule has 0 spiro atoms. The van der Waals surface area contributed by atoms with E-state index >= 15 is 0 Å². The Morgan fingerprint density at radius 2 is 1.88 bits per heavy atom. The van der Waals surface area contributed by atoms with Crippen molar-refractivity contribution in [2.75, 3.05) is 18.8 Å². The number of guanidine groups is 1. The molecule has 1 aliphatic rings. The Bertz CT molecular complexity index is 807. The van der Waals surface area contributed by atoms with Crippen molar-refractivity contribution in [2.24, 2.45) is 28.1 Å². The van der Waals surface area contributed by atoms with Crippen molar-refractivity contribution in [1.82, 2.24) is 4.90 Å². The van der Waals surface area contributed by atoms with Crippen molar-refractivity contribution >= 4 is 48.2 Å². The summed E-state index contributed by atoms with van der Waals surface area (Å²) in [6, 6.07) is 8.32. The van der Waals surface area contributed by atoms with Gasteiger partial charge in [-0.1, -0.05) is 25.1 Å². The maximum Gasteiger partial charge on any atom is 0.326 e. The Hall–Kier alpha value is -2.44. The highest BCUT2D eigenvalue weighted by atomic mass is 32.2. The van der Waals surface area contributed by atoms with Gasteiger partial charge in [-0.2, -0.15) is 12.6 Å². The van der Waals surface area contributed by atoms with Crippen LogP contribution in [0, 0.1) is 5.92 Å². The largest absolute Gasteiger partial charge is 0.480 e. The Labute approximate surface area is 203 Å². The molecule has 184 valence electrons. The molecule has 1 amide bonds. The molecule has 1 aliphatic heterocycles. The number of aliphatic carboxylic acids is 2. The Kier molecular flexibility index (Phi) is 12.7. The van der Waals surface area contributed by atoms with Crippen LogP contribution in [0.15, 0.2) is 40.2 Å². The van der Waals surface area contributed by atoms with Gasteiger partial charge in [0.05, 0.1) is 0 Å². The number of likely N-dealkylation sites (tertiary alicyclic amines) is 1. The summed E-state index contributed by atoms with van der Waals surface area (Å²) < 4.78 is 0. The Morgan fingerprint density at radius 1 is 1.24 bits per heavy atom. The second kappa shape index (κ2) is 14.7. The summed E-state index contributed by atoms with van der Waals surface area (Å²) >= 11 is 5.77. The SMILES string of the molecule is C[C@@H](CS)C(=O)N1C[C@H](Sc2ccccc2)C[C@@H]1C(=O)O.NC(N)=NCCC[C@@H](N)C(=O)O. The third-order valence-corrected chi connectivity index (χ3v) is 6.62. The van der Waals surface area contributed by atoms with Crippen LogP contribution < -0.4 is 17.2 Å². The first-order valence-corrected chi connectivity index (χ1v) is 12.0. The van der Waals surface area contributed by atoms with Gasteiger partial charge < -0.3 is 32.3 Å². The first-order chi connectivity index (χ1) is 15.6. The van der Waals surface area contributed by atoms with Crippen LogP contribution in [0.3, 0.4) is 0 Å². The Balaban J connectivity index is 0.000000389. The normalized spacial score (nSPS) is 19.1. The molecule has 8 N–H and O–H groups in total. The van der Waals surface area contributed by atoms with Gasteiger partial charge >= 0.3 is 11.9 Å². The van der Waals surface area contributed by atoms with Gasteiger partial charge in [-0.25, -0.2) is 4.79 Å². The van der Waals surface area contributed by atoms with Crippen LogP contribution in [-0.2, 0) is 14.4 Å². The molecule has 1 aromatic carbocycles. The van der Waals surface area contributed by atoms with Gasteiger partial charge in [0.2, 0.25) is 5.91 Å². The average Bonchev–Trinajstić information content (AvgIpc) is 3.20. The Morgan fingerprint density at radius 3 is 2.39 bits per heavy atom. The number of carbonyl (C=O) groups is 3. The van der Waals surface area contributed by atoms with E-state index < -0.39 is 24.0 Å². The summed E-state index contributed by atoms with van der Waals surface area (Å²) in [6.45, 7) is 2.68. The van der Waals surface area contributed by atoms with Gasteiger partial charge in [0.15, 0.2) is 5.96 Å². The molecular weight excluding hydrogens is 466 g/mol. The summed E-state index contributed by atoms with van der Waals surface area (Å²) in [5, 5.41) is 17.8. The van der Waals surface area contributed by atoms with Gasteiger partial charge in [0.25, 0.3) is 0 Å². The first-order valence-electron chi connectivity index (χ1n) is 10.5. The number of carboxylic acid groups (broad SMARTS) is 2. The molecule has 0 saturated carbocycles. The number of hydrogen-bond acceptors (Lipinski definition) is 7. The van der Waals surface area contributed by atoms with E-state index in [1.165, 1.54) is 4.90 Å². The first kappa shape index (κ1) is 28.6. The number of nitrogens with two attached hydrogens (primary N) is 3. The lowest BCUT2D eigenvalue weighted by molar-refractivity contribution is -0.149. The van der Waals surface area contributed by atoms with Crippen molar-refractivity contribution in [3.05, 3.63) is 30.3 Å². The molecule has 1 saturated heterocycles. The number of benzene rings is 1. The predicted molar refractivity (Wildman–Crippen MR) is 132 cm³/mol. The maximum atomic E-state index is 12.3. The quantitative estimate of drug-likeness (QED) is 0.117. The predicted octanol–water partition coefficient (Wildman–Crippen LogP) is 0.851. The number of thioether (sulfide) groups is 1. The molecule has 2 rings (SSSR count). The molecule has 0 aromatic heterocycles. The molecule has 1 heterocycles. The molecule has 1 aromatic rings. The smallest absolute Gasteiger partial charge is 0.326 e. The third-order valence-electron chi connectivity index (χ3n) is 4.86. The van der Waals surface area contributed by atoms with Crippen LogP contribution >= 0.6 is 24.4 Å². The standard InChI is InChI=1S/C15H19NO3S2.C6H14N4O2/c1-10(9-20)14(17)16-8-12(7-13(16)15(18)19)21-11-5-3-2-4-6-11;7-4(5(11)12)2-1-3-10-6(8)9/h2-6,10,12-13,20H,7-9H2,1H3,(H,18,19);4H,1-3,7H2,(H,11,12)(H4,8,9,10)/t10-,12+,13+;4-/m01/s1.